The Kier molecular flexibility index (Phi) is 6.00. The van der Waals surface area contributed by atoms with Crippen LogP contribution in [0, 0.1) is 11.8 Å². The highest BCUT2D eigenvalue weighted by Crippen LogP contribution is 2.54. The normalized spacial score (nSPS) is 33.6. The van der Waals surface area contributed by atoms with Gasteiger partial charge in [0.15, 0.2) is 0 Å². The summed E-state index contributed by atoms with van der Waals surface area (Å²) in [6, 6.07) is 5.27. The molecule has 6 atom stereocenters. The van der Waals surface area contributed by atoms with Crippen LogP contribution < -0.4 is 4.90 Å². The molecule has 8 nitrogen and oxygen atoms in total. The van der Waals surface area contributed by atoms with Gasteiger partial charge in [0.2, 0.25) is 5.91 Å². The predicted octanol–water partition coefficient (Wildman–Crippen LogP) is 2.10. The van der Waals surface area contributed by atoms with E-state index in [9.17, 15) is 19.5 Å². The van der Waals surface area contributed by atoms with Crippen LogP contribution in [0.15, 0.2) is 48.6 Å². The first-order valence-corrected chi connectivity index (χ1v) is 12.0. The summed E-state index contributed by atoms with van der Waals surface area (Å²) in [7, 11) is 0. The van der Waals surface area contributed by atoms with Gasteiger partial charge in [0.25, 0.3) is 5.91 Å². The summed E-state index contributed by atoms with van der Waals surface area (Å²) in [5.41, 5.74) is -0.714. The van der Waals surface area contributed by atoms with Crippen LogP contribution >= 0.6 is 11.6 Å². The maximum atomic E-state index is 14.1. The number of likely N-dealkylation sites (tertiary alicyclic amines) is 1. The monoisotopic (exact) mass is 486 g/mol. The predicted molar refractivity (Wildman–Crippen MR) is 124 cm³/mol. The number of benzene rings is 1. The number of nitrogens with zero attached hydrogens (tertiary/aromatic N) is 2. The molecule has 1 unspecified atom stereocenters. The van der Waals surface area contributed by atoms with Gasteiger partial charge in [-0.25, -0.2) is 0 Å². The lowest BCUT2D eigenvalue weighted by Gasteiger charge is -2.38. The Morgan fingerprint density at radius 3 is 2.65 bits per heavy atom. The molecule has 180 valence electrons. The van der Waals surface area contributed by atoms with Crippen molar-refractivity contribution in [1.82, 2.24) is 4.90 Å². The van der Waals surface area contributed by atoms with E-state index in [1.54, 1.807) is 41.3 Å². The van der Waals surface area contributed by atoms with E-state index in [1.165, 1.54) is 4.90 Å². The molecule has 2 amide bonds. The maximum absolute atomic E-state index is 14.1. The van der Waals surface area contributed by atoms with Crippen LogP contribution in [-0.2, 0) is 23.9 Å². The van der Waals surface area contributed by atoms with Crippen molar-refractivity contribution in [1.29, 1.82) is 0 Å². The number of hydrogen-bond donors (Lipinski definition) is 1. The lowest BCUT2D eigenvalue weighted by atomic mass is 9.77. The van der Waals surface area contributed by atoms with Crippen LogP contribution in [-0.4, -0.2) is 71.3 Å². The number of halogens is 1. The highest BCUT2D eigenvalue weighted by Gasteiger charge is 2.72. The van der Waals surface area contributed by atoms with Crippen molar-refractivity contribution in [2.45, 2.75) is 43.6 Å². The minimum atomic E-state index is -1.35. The molecule has 4 heterocycles. The molecule has 4 aliphatic heterocycles. The van der Waals surface area contributed by atoms with Crippen molar-refractivity contribution < 1.29 is 29.0 Å². The standard InChI is InChI=1S/C25H27ClN2O6/c1-2-16(14-29)28-21-23(31)27(17-9-7-15(26)8-10-17)12-5-11-25(21)20(22(28)30)19-18(34-25)6-3-4-13-33-24(19)32/h3,5-11,16,18-21,29H,2,4,12-14H2,1H3/t16-,18-,19+,20-,21?,25-/m0/s1. The van der Waals surface area contributed by atoms with Gasteiger partial charge in [-0.2, -0.15) is 0 Å². The number of anilines is 1. The fraction of sp³-hybridized carbons (Fsp3) is 0.480. The van der Waals surface area contributed by atoms with Crippen LogP contribution in [0.2, 0.25) is 5.02 Å². The molecule has 1 aromatic rings. The highest BCUT2D eigenvalue weighted by atomic mass is 35.5. The lowest BCUT2D eigenvalue weighted by Crippen LogP contribution is -2.58. The third-order valence-electron chi connectivity index (χ3n) is 7.27. The molecular formula is C25H27ClN2O6. The van der Waals surface area contributed by atoms with E-state index in [-0.39, 0.29) is 31.6 Å². The Hall–Kier alpha value is -2.68. The second kappa shape index (κ2) is 8.83. The van der Waals surface area contributed by atoms with Gasteiger partial charge < -0.3 is 24.4 Å². The SMILES string of the molecule is CC[C@@H](CO)N1C(=O)[C@@H]2[C@@H]3C(=O)OCCC=C[C@@H]3O[C@@]23C=CCN(c2ccc(Cl)cc2)C(=O)C13. The molecule has 9 heteroatoms. The fourth-order valence-corrected chi connectivity index (χ4v) is 5.83. The number of amides is 2. The molecule has 5 rings (SSSR count). The first-order chi connectivity index (χ1) is 16.4. The molecule has 2 fully saturated rings. The molecule has 0 aliphatic carbocycles. The van der Waals surface area contributed by atoms with E-state index >= 15 is 0 Å². The van der Waals surface area contributed by atoms with Gasteiger partial charge in [-0.3, -0.25) is 14.4 Å². The van der Waals surface area contributed by atoms with Gasteiger partial charge in [-0.05, 0) is 37.1 Å². The number of ether oxygens (including phenoxy) is 2. The Labute approximate surface area is 202 Å². The molecular weight excluding hydrogens is 460 g/mol. The zero-order valence-corrected chi connectivity index (χ0v) is 19.6. The number of cyclic esters (lactones) is 1. The number of hydrogen-bond acceptors (Lipinski definition) is 6. The Morgan fingerprint density at radius 1 is 1.18 bits per heavy atom. The Bertz CT molecular complexity index is 1050. The van der Waals surface area contributed by atoms with Crippen LogP contribution in [0.5, 0.6) is 0 Å². The second-order valence-corrected chi connectivity index (χ2v) is 9.48. The number of rotatable bonds is 4. The van der Waals surface area contributed by atoms with Gasteiger partial charge in [-0.1, -0.05) is 42.8 Å². The Morgan fingerprint density at radius 2 is 1.94 bits per heavy atom. The lowest BCUT2D eigenvalue weighted by molar-refractivity contribution is -0.155. The van der Waals surface area contributed by atoms with Gasteiger partial charge in [0.05, 0.1) is 31.3 Å². The first kappa shape index (κ1) is 23.1. The third kappa shape index (κ3) is 3.39. The summed E-state index contributed by atoms with van der Waals surface area (Å²) in [5, 5.41) is 10.6. The second-order valence-electron chi connectivity index (χ2n) is 9.04. The third-order valence-corrected chi connectivity index (χ3v) is 7.52. The van der Waals surface area contributed by atoms with Crippen molar-refractivity contribution >= 4 is 35.1 Å². The van der Waals surface area contributed by atoms with Gasteiger partial charge in [0.1, 0.15) is 17.6 Å². The van der Waals surface area contributed by atoms with Crippen molar-refractivity contribution in [3.8, 4) is 0 Å². The van der Waals surface area contributed by atoms with E-state index in [4.69, 9.17) is 21.1 Å². The van der Waals surface area contributed by atoms with E-state index in [0.717, 1.165) is 0 Å². The average molecular weight is 487 g/mol. The molecule has 2 saturated heterocycles. The number of fused-ring (bicyclic) bond motifs is 2. The highest BCUT2D eigenvalue weighted by molar-refractivity contribution is 6.30. The van der Waals surface area contributed by atoms with Crippen molar-refractivity contribution in [2.75, 3.05) is 24.7 Å². The molecule has 1 aromatic carbocycles. The zero-order valence-electron chi connectivity index (χ0n) is 18.8. The summed E-state index contributed by atoms with van der Waals surface area (Å²) in [5.74, 6) is -3.00. The summed E-state index contributed by atoms with van der Waals surface area (Å²) in [6.45, 7) is 2.03. The van der Waals surface area contributed by atoms with Crippen LogP contribution in [0.25, 0.3) is 0 Å². The smallest absolute Gasteiger partial charge is 0.312 e. The molecule has 0 saturated carbocycles. The molecule has 0 bridgehead atoms. The summed E-state index contributed by atoms with van der Waals surface area (Å²) >= 11 is 6.04. The minimum Gasteiger partial charge on any atom is -0.465 e. The number of esters is 1. The summed E-state index contributed by atoms with van der Waals surface area (Å²) < 4.78 is 11.9. The summed E-state index contributed by atoms with van der Waals surface area (Å²) in [6.07, 6.45) is 7.58. The minimum absolute atomic E-state index is 0.229. The maximum Gasteiger partial charge on any atom is 0.312 e. The fourth-order valence-electron chi connectivity index (χ4n) is 5.71. The topological polar surface area (TPSA) is 96.4 Å². The van der Waals surface area contributed by atoms with Crippen LogP contribution in [0.4, 0.5) is 5.69 Å². The molecule has 1 N–H and O–H groups in total. The largest absolute Gasteiger partial charge is 0.465 e. The molecule has 0 aromatic heterocycles. The van der Waals surface area contributed by atoms with Crippen LogP contribution in [0.3, 0.4) is 0 Å². The number of carbonyl (C=O) groups excluding carboxylic acids is 3. The molecule has 1 spiro atoms. The van der Waals surface area contributed by atoms with E-state index < -0.39 is 41.6 Å². The quantitative estimate of drug-likeness (QED) is 0.517. The molecule has 4 aliphatic rings. The zero-order chi connectivity index (χ0) is 24.0. The number of aliphatic hydroxyl groups excluding tert-OH is 1. The van der Waals surface area contributed by atoms with E-state index in [2.05, 4.69) is 0 Å². The van der Waals surface area contributed by atoms with Crippen molar-refractivity contribution in [2.24, 2.45) is 11.8 Å². The molecule has 0 radical (unpaired) electrons. The first-order valence-electron chi connectivity index (χ1n) is 11.6. The van der Waals surface area contributed by atoms with Crippen molar-refractivity contribution in [3.63, 3.8) is 0 Å². The van der Waals surface area contributed by atoms with Gasteiger partial charge >= 0.3 is 5.97 Å². The number of carbonyl (C=O) groups is 3. The average Bonchev–Trinajstić information content (AvgIpc) is 3.20. The molecule has 34 heavy (non-hydrogen) atoms. The van der Waals surface area contributed by atoms with Crippen LogP contribution in [0.1, 0.15) is 19.8 Å². The Balaban J connectivity index is 1.64. The van der Waals surface area contributed by atoms with E-state index in [1.807, 2.05) is 19.1 Å². The van der Waals surface area contributed by atoms with Crippen molar-refractivity contribution in [3.05, 3.63) is 53.6 Å². The summed E-state index contributed by atoms with van der Waals surface area (Å²) in [4.78, 5) is 44.1. The van der Waals surface area contributed by atoms with Gasteiger partial charge in [0, 0.05) is 17.3 Å². The number of aliphatic hydroxyl groups is 1. The van der Waals surface area contributed by atoms with Gasteiger partial charge in [-0.15, -0.1) is 0 Å². The van der Waals surface area contributed by atoms with E-state index in [0.29, 0.717) is 23.6 Å².